The molecule has 1 aromatic carbocycles. The van der Waals surface area contributed by atoms with Gasteiger partial charge in [0.05, 0.1) is 55.4 Å². The fourth-order valence-corrected chi connectivity index (χ4v) is 9.81. The number of ketones is 1. The van der Waals surface area contributed by atoms with Gasteiger partial charge in [0.1, 0.15) is 6.10 Å². The van der Waals surface area contributed by atoms with E-state index in [2.05, 4.69) is 5.23 Å². The van der Waals surface area contributed by atoms with Crippen LogP contribution in [0.25, 0.3) is 0 Å². The summed E-state index contributed by atoms with van der Waals surface area (Å²) in [6.45, 7) is 10.5. The van der Waals surface area contributed by atoms with Crippen molar-refractivity contribution in [3.05, 3.63) is 47.0 Å². The molecular weight excluding hydrogens is 713 g/mol. The molecule has 2 saturated carbocycles. The molecule has 11 atom stereocenters. The second-order valence-electron chi connectivity index (χ2n) is 16.4. The average Bonchev–Trinajstić information content (AvgIpc) is 3.15. The number of Topliss-reactive ketones (excluding diaryl/α,β-unsaturated/α-hetero) is 1. The highest BCUT2D eigenvalue weighted by molar-refractivity contribution is 6.64. The van der Waals surface area contributed by atoms with Gasteiger partial charge in [-0.25, -0.2) is 14.4 Å². The van der Waals surface area contributed by atoms with Gasteiger partial charge in [-0.1, -0.05) is 58.0 Å². The molecule has 1 saturated heterocycles. The second kappa shape index (κ2) is 15.6. The fourth-order valence-electron chi connectivity index (χ4n) is 9.81. The van der Waals surface area contributed by atoms with E-state index in [-0.39, 0.29) is 38.4 Å². The first-order valence-corrected chi connectivity index (χ1v) is 18.6. The summed E-state index contributed by atoms with van der Waals surface area (Å²) in [6.07, 6.45) is -7.53. The van der Waals surface area contributed by atoms with E-state index >= 15 is 4.79 Å². The van der Waals surface area contributed by atoms with Crippen molar-refractivity contribution >= 4 is 37.5 Å². The van der Waals surface area contributed by atoms with Gasteiger partial charge in [0.25, 0.3) is 7.41 Å². The Labute approximate surface area is 322 Å². The van der Waals surface area contributed by atoms with Crippen molar-refractivity contribution in [2.24, 2.45) is 39.5 Å². The van der Waals surface area contributed by atoms with E-state index < -0.39 is 94.2 Å². The van der Waals surface area contributed by atoms with Crippen molar-refractivity contribution in [3.63, 3.8) is 0 Å². The minimum Gasteiger partial charge on any atom is -0.455 e. The first-order valence-electron chi connectivity index (χ1n) is 18.6. The van der Waals surface area contributed by atoms with Crippen molar-refractivity contribution in [1.29, 1.82) is 0 Å². The summed E-state index contributed by atoms with van der Waals surface area (Å²) in [4.78, 5) is 70.0. The zero-order valence-corrected chi connectivity index (χ0v) is 32.8. The molecule has 2 bridgehead atoms. The molecule has 1 aliphatic heterocycles. The third kappa shape index (κ3) is 6.86. The van der Waals surface area contributed by atoms with Gasteiger partial charge in [-0.2, -0.15) is 0 Å². The summed E-state index contributed by atoms with van der Waals surface area (Å²) in [7, 11) is 3.85. The number of fused-ring (bicyclic) bond motifs is 5. The Bertz CT molecular complexity index is 1700. The topological polar surface area (TPSA) is 233 Å². The number of carbonyl (C=O) groups excluding carboxylic acids is 5. The molecule has 3 fully saturated rings. The number of esters is 1. The third-order valence-corrected chi connectivity index (χ3v) is 13.2. The van der Waals surface area contributed by atoms with E-state index in [1.54, 1.807) is 58.0 Å². The summed E-state index contributed by atoms with van der Waals surface area (Å²) in [5.74, 6) is -3.00. The predicted molar refractivity (Wildman–Crippen MR) is 199 cm³/mol. The van der Waals surface area contributed by atoms with E-state index in [0.717, 1.165) is 17.2 Å². The largest absolute Gasteiger partial charge is 0.455 e. The van der Waals surface area contributed by atoms with Gasteiger partial charge >= 0.3 is 18.2 Å². The van der Waals surface area contributed by atoms with Gasteiger partial charge < -0.3 is 50.7 Å². The van der Waals surface area contributed by atoms with Crippen LogP contribution in [0.5, 0.6) is 0 Å². The monoisotopic (exact) mass is 768 g/mol. The predicted octanol–water partition coefficient (Wildman–Crippen LogP) is 1.23. The van der Waals surface area contributed by atoms with Gasteiger partial charge in [-0.05, 0) is 42.4 Å². The molecule has 3 aliphatic carbocycles. The zero-order chi connectivity index (χ0) is 40.8. The summed E-state index contributed by atoms with van der Waals surface area (Å²) in [6, 6.07) is 7.40. The van der Waals surface area contributed by atoms with E-state index in [4.69, 9.17) is 30.4 Å². The van der Waals surface area contributed by atoms with Crippen LogP contribution in [0, 0.1) is 28.1 Å². The van der Waals surface area contributed by atoms with Crippen LogP contribution in [-0.2, 0) is 33.3 Å². The SMILES string of the molecule is CC1=C2[C@@H](OC(=O)N(C)CN)C(=O)[C@@]3(C)[C@H]([C@H](C)[C@](O)(C[C@@H]1OC(=O)[C@H](OC(=O)N(C)CN)[C@@H](N[B]C=O)c1ccccc1)C2(C)C)[C@]1(C)CO[C@@H]1C[C@@H]3O. The Morgan fingerprint density at radius 1 is 1.07 bits per heavy atom. The van der Waals surface area contributed by atoms with Crippen LogP contribution in [0.1, 0.15) is 66.0 Å². The summed E-state index contributed by atoms with van der Waals surface area (Å²) < 4.78 is 23.9. The van der Waals surface area contributed by atoms with Gasteiger partial charge in [-0.15, -0.1) is 0 Å². The lowest BCUT2D eigenvalue weighted by Gasteiger charge is -2.68. The van der Waals surface area contributed by atoms with Crippen molar-refractivity contribution in [2.75, 3.05) is 34.0 Å². The van der Waals surface area contributed by atoms with Crippen molar-refractivity contribution in [2.45, 2.75) is 96.5 Å². The molecule has 0 aromatic heterocycles. The summed E-state index contributed by atoms with van der Waals surface area (Å²) in [5.41, 5.74) is 7.28. The molecule has 0 spiro atoms. The maximum absolute atomic E-state index is 15.2. The number of nitrogens with one attached hydrogen (secondary N) is 1. The number of nitrogens with two attached hydrogens (primary N) is 2. The highest BCUT2D eigenvalue weighted by Crippen LogP contribution is 2.67. The van der Waals surface area contributed by atoms with Crippen LogP contribution in [0.4, 0.5) is 9.59 Å². The van der Waals surface area contributed by atoms with Gasteiger partial charge in [-0.3, -0.25) is 14.6 Å². The molecule has 16 nitrogen and oxygen atoms in total. The minimum absolute atomic E-state index is 0.169. The van der Waals surface area contributed by atoms with E-state index in [9.17, 15) is 29.4 Å². The molecular formula is C38H55BN5O11. The molecule has 1 radical (unpaired) electrons. The number of ether oxygens (including phenoxy) is 4. The Kier molecular flexibility index (Phi) is 12.0. The molecule has 0 unspecified atom stereocenters. The lowest BCUT2D eigenvalue weighted by Crippen LogP contribution is -2.75. The average molecular weight is 769 g/mol. The third-order valence-electron chi connectivity index (χ3n) is 13.2. The van der Waals surface area contributed by atoms with E-state index in [1.807, 2.05) is 13.8 Å². The number of aliphatic hydroxyl groups is 2. The highest BCUT2D eigenvalue weighted by atomic mass is 16.6. The van der Waals surface area contributed by atoms with Crippen molar-refractivity contribution in [1.82, 2.24) is 15.0 Å². The minimum atomic E-state index is -1.75. The molecule has 2 amide bonds. The number of hydrogen-bond acceptors (Lipinski definition) is 14. The molecule has 7 N–H and O–H groups in total. The number of aliphatic hydroxyl groups excluding tert-OH is 1. The Balaban J connectivity index is 1.68. The van der Waals surface area contributed by atoms with Gasteiger partial charge in [0, 0.05) is 37.8 Å². The summed E-state index contributed by atoms with van der Waals surface area (Å²) >= 11 is 0. The first-order chi connectivity index (χ1) is 25.8. The number of nitrogens with zero attached hydrogens (tertiary/aromatic N) is 2. The van der Waals surface area contributed by atoms with Crippen LogP contribution in [-0.4, -0.2) is 128 Å². The number of rotatable bonds is 11. The number of hydrogen-bond donors (Lipinski definition) is 5. The number of carbonyl (C=O) groups is 5. The maximum Gasteiger partial charge on any atom is 0.411 e. The Morgan fingerprint density at radius 3 is 2.25 bits per heavy atom. The fraction of sp³-hybridized carbons (Fsp3) is 0.658. The second-order valence-corrected chi connectivity index (χ2v) is 16.4. The molecule has 55 heavy (non-hydrogen) atoms. The van der Waals surface area contributed by atoms with Crippen molar-refractivity contribution in [3.8, 4) is 0 Å². The van der Waals surface area contributed by atoms with Gasteiger partial charge in [0.15, 0.2) is 11.9 Å². The molecule has 4 aliphatic rings. The van der Waals surface area contributed by atoms with E-state index in [1.165, 1.54) is 14.1 Å². The highest BCUT2D eigenvalue weighted by Gasteiger charge is 2.73. The van der Waals surface area contributed by atoms with Crippen molar-refractivity contribution < 1.29 is 53.1 Å². The quantitative estimate of drug-likeness (QED) is 0.0533. The van der Waals surface area contributed by atoms with Crippen LogP contribution >= 0.6 is 0 Å². The molecule has 1 aromatic rings. The maximum atomic E-state index is 15.2. The standard InChI is InChI=1S/C38H55BN5O11/c1-20-23(53-32(48)29(55-34(50)44(8)19-41)27(42-39-17-45)22-12-10-9-11-13-22)15-38(51)21(2)30-36(5)16-52-25(36)14-24(46)37(30,6)31(47)28(26(20)35(38,3)4)54-33(49)43(7)18-40/h9-13,17,21,23-25,27-30,42,46,51H,14-16,18-19,40-41H2,1-8H3/t21-,23-,24-,25+,27-,28+,29+,30+,36+,37+,38+/m0/s1. The molecule has 1 heterocycles. The Hall–Kier alpha value is -3.87. The van der Waals surface area contributed by atoms with Crippen LogP contribution in [0.3, 0.4) is 0 Å². The summed E-state index contributed by atoms with van der Waals surface area (Å²) in [5, 5.41) is 27.9. The lowest BCUT2D eigenvalue weighted by atomic mass is 9.40. The van der Waals surface area contributed by atoms with Crippen LogP contribution in [0.15, 0.2) is 41.5 Å². The number of benzene rings is 1. The number of amides is 2. The smallest absolute Gasteiger partial charge is 0.411 e. The lowest BCUT2D eigenvalue weighted by molar-refractivity contribution is -0.302. The molecule has 17 heteroatoms. The molecule has 301 valence electrons. The normalized spacial score (nSPS) is 34.6. The van der Waals surface area contributed by atoms with Crippen LogP contribution < -0.4 is 16.7 Å². The Morgan fingerprint density at radius 2 is 1.69 bits per heavy atom. The van der Waals surface area contributed by atoms with Gasteiger partial charge in [0.2, 0.25) is 6.10 Å². The zero-order valence-electron chi connectivity index (χ0n) is 32.8. The van der Waals surface area contributed by atoms with E-state index in [0.29, 0.717) is 17.3 Å². The van der Waals surface area contributed by atoms with Crippen LogP contribution in [0.2, 0.25) is 0 Å². The molecule has 5 rings (SSSR count). The first kappa shape index (κ1) is 42.3.